The van der Waals surface area contributed by atoms with Crippen molar-refractivity contribution in [2.75, 3.05) is 5.32 Å². The first-order valence-electron chi connectivity index (χ1n) is 5.48. The second kappa shape index (κ2) is 4.81. The third-order valence-electron chi connectivity index (χ3n) is 2.42. The third-order valence-corrected chi connectivity index (χ3v) is 3.33. The highest BCUT2D eigenvalue weighted by Crippen LogP contribution is 2.33. The molecule has 0 radical (unpaired) electrons. The van der Waals surface area contributed by atoms with Crippen molar-refractivity contribution in [3.05, 3.63) is 36.2 Å². The average molecular weight is 314 g/mol. The third kappa shape index (κ3) is 2.70. The normalized spacial score (nSPS) is 11.8. The van der Waals surface area contributed by atoms with Gasteiger partial charge >= 0.3 is 12.1 Å². The molecule has 3 heterocycles. The van der Waals surface area contributed by atoms with Crippen LogP contribution in [-0.4, -0.2) is 20.9 Å². The predicted molar refractivity (Wildman–Crippen MR) is 66.9 cm³/mol. The van der Waals surface area contributed by atoms with Crippen LogP contribution in [0.1, 0.15) is 16.2 Å². The molecule has 0 atom stereocenters. The number of alkyl halides is 3. The monoisotopic (exact) mass is 314 g/mol. The molecule has 3 rings (SSSR count). The Kier molecular flexibility index (Phi) is 3.09. The highest BCUT2D eigenvalue weighted by molar-refractivity contribution is 7.22. The lowest BCUT2D eigenvalue weighted by atomic mass is 10.3. The summed E-state index contributed by atoms with van der Waals surface area (Å²) in [5.41, 5.74) is -0.750. The zero-order chi connectivity index (χ0) is 15.0. The molecule has 0 aromatic carbocycles. The first kappa shape index (κ1) is 13.5. The number of carbonyl (C=O) groups is 1. The number of pyridine rings is 1. The zero-order valence-corrected chi connectivity index (χ0v) is 10.8. The van der Waals surface area contributed by atoms with Gasteiger partial charge in [-0.1, -0.05) is 11.3 Å². The minimum atomic E-state index is -4.48. The zero-order valence-electron chi connectivity index (χ0n) is 10.0. The molecule has 0 unspecified atom stereocenters. The van der Waals surface area contributed by atoms with Crippen LogP contribution in [0.15, 0.2) is 29.1 Å². The van der Waals surface area contributed by atoms with E-state index in [-0.39, 0.29) is 21.4 Å². The van der Waals surface area contributed by atoms with Crippen molar-refractivity contribution >= 4 is 32.7 Å². The molecule has 0 saturated heterocycles. The summed E-state index contributed by atoms with van der Waals surface area (Å²) in [4.78, 5) is 22.9. The number of anilines is 1. The number of rotatable bonds is 2. The number of hydrogen-bond acceptors (Lipinski definition) is 6. The Bertz CT molecular complexity index is 798. The molecule has 0 bridgehead atoms. The maximum absolute atomic E-state index is 12.6. The molecule has 0 aliphatic carbocycles. The number of nitrogens with one attached hydrogen (secondary N) is 1. The van der Waals surface area contributed by atoms with E-state index in [0.717, 1.165) is 17.4 Å². The quantitative estimate of drug-likeness (QED) is 0.786. The Balaban J connectivity index is 1.89. The number of thiazole rings is 1. The van der Waals surface area contributed by atoms with Crippen LogP contribution >= 0.6 is 11.3 Å². The number of halogens is 3. The van der Waals surface area contributed by atoms with Crippen LogP contribution in [0.2, 0.25) is 0 Å². The fourth-order valence-corrected chi connectivity index (χ4v) is 2.37. The summed E-state index contributed by atoms with van der Waals surface area (Å²) >= 11 is 0.878. The van der Waals surface area contributed by atoms with Crippen LogP contribution in [-0.2, 0) is 6.18 Å². The van der Waals surface area contributed by atoms with Crippen LogP contribution in [0.4, 0.5) is 18.3 Å². The van der Waals surface area contributed by atoms with Crippen molar-refractivity contribution < 1.29 is 22.4 Å². The summed E-state index contributed by atoms with van der Waals surface area (Å²) in [7, 11) is 0. The maximum Gasteiger partial charge on any atom is 0.417 e. The first-order valence-corrected chi connectivity index (χ1v) is 6.30. The molecule has 0 fully saturated rings. The molecule has 1 amide bonds. The van der Waals surface area contributed by atoms with Gasteiger partial charge in [-0.05, 0) is 6.07 Å². The van der Waals surface area contributed by atoms with Crippen LogP contribution < -0.4 is 5.32 Å². The van der Waals surface area contributed by atoms with Crippen molar-refractivity contribution in [3.63, 3.8) is 0 Å². The van der Waals surface area contributed by atoms with E-state index in [1.165, 1.54) is 12.5 Å². The molecule has 1 N–H and O–H groups in total. The van der Waals surface area contributed by atoms with E-state index >= 15 is 0 Å². The molecule has 0 saturated carbocycles. The van der Waals surface area contributed by atoms with Crippen LogP contribution in [0, 0.1) is 0 Å². The molecule has 0 spiro atoms. The first-order chi connectivity index (χ1) is 9.93. The van der Waals surface area contributed by atoms with Crippen molar-refractivity contribution in [2.45, 2.75) is 6.18 Å². The standard InChI is InChI=1S/C11H5F3N4O2S/c12-11(13,14)5-3-6-7(16-4-5)17-10(21-6)18-8(19)9-15-1-2-20-9/h1-4H,(H,16,17,18,19). The van der Waals surface area contributed by atoms with Gasteiger partial charge in [-0.2, -0.15) is 18.2 Å². The fraction of sp³-hybridized carbons (Fsp3) is 0.0909. The Morgan fingerprint density at radius 1 is 1.33 bits per heavy atom. The van der Waals surface area contributed by atoms with E-state index in [9.17, 15) is 18.0 Å². The van der Waals surface area contributed by atoms with Gasteiger partial charge in [0.2, 0.25) is 0 Å². The summed E-state index contributed by atoms with van der Waals surface area (Å²) in [5, 5.41) is 2.49. The van der Waals surface area contributed by atoms with Gasteiger partial charge in [0, 0.05) is 6.20 Å². The van der Waals surface area contributed by atoms with Gasteiger partial charge < -0.3 is 4.42 Å². The predicted octanol–water partition coefficient (Wildman–Crippen LogP) is 2.95. The number of amides is 1. The molecule has 21 heavy (non-hydrogen) atoms. The minimum Gasteiger partial charge on any atom is -0.441 e. The minimum absolute atomic E-state index is 0.111. The van der Waals surface area contributed by atoms with Gasteiger partial charge in [-0.25, -0.2) is 9.97 Å². The van der Waals surface area contributed by atoms with Crippen molar-refractivity contribution in [1.82, 2.24) is 15.0 Å². The summed E-state index contributed by atoms with van der Waals surface area (Å²) in [6.45, 7) is 0. The van der Waals surface area contributed by atoms with E-state index in [4.69, 9.17) is 4.42 Å². The number of aromatic nitrogens is 3. The van der Waals surface area contributed by atoms with Gasteiger partial charge in [0.1, 0.15) is 6.26 Å². The molecule has 0 aliphatic rings. The molecule has 6 nitrogen and oxygen atoms in total. The summed E-state index contributed by atoms with van der Waals surface area (Å²) in [5.74, 6) is -0.812. The summed E-state index contributed by atoms with van der Waals surface area (Å²) in [6.07, 6.45) is -1.26. The Hall–Kier alpha value is -2.49. The highest BCUT2D eigenvalue weighted by Gasteiger charge is 2.31. The fourth-order valence-electron chi connectivity index (χ4n) is 1.51. The number of oxazole rings is 1. The Labute approximate surface area is 118 Å². The van der Waals surface area contributed by atoms with E-state index in [2.05, 4.69) is 20.3 Å². The largest absolute Gasteiger partial charge is 0.441 e. The Morgan fingerprint density at radius 2 is 2.14 bits per heavy atom. The lowest BCUT2D eigenvalue weighted by Gasteiger charge is -2.04. The van der Waals surface area contributed by atoms with E-state index in [0.29, 0.717) is 6.20 Å². The van der Waals surface area contributed by atoms with Gasteiger partial charge in [0.25, 0.3) is 5.89 Å². The number of hydrogen-bond donors (Lipinski definition) is 1. The van der Waals surface area contributed by atoms with Crippen LogP contribution in [0.25, 0.3) is 10.3 Å². The Morgan fingerprint density at radius 3 is 2.81 bits per heavy atom. The van der Waals surface area contributed by atoms with Crippen molar-refractivity contribution in [2.24, 2.45) is 0 Å². The maximum atomic E-state index is 12.6. The molecule has 10 heteroatoms. The van der Waals surface area contributed by atoms with E-state index in [1.54, 1.807) is 0 Å². The smallest absolute Gasteiger partial charge is 0.417 e. The topological polar surface area (TPSA) is 80.9 Å². The number of nitrogens with zero attached hydrogens (tertiary/aromatic N) is 3. The van der Waals surface area contributed by atoms with E-state index < -0.39 is 17.6 Å². The molecule has 3 aromatic heterocycles. The molecular weight excluding hydrogens is 309 g/mol. The van der Waals surface area contributed by atoms with Crippen LogP contribution in [0.5, 0.6) is 0 Å². The van der Waals surface area contributed by atoms with Gasteiger partial charge in [0.15, 0.2) is 10.8 Å². The SMILES string of the molecule is O=C(Nc1nc2ncc(C(F)(F)F)cc2s1)c1ncco1. The molecular formula is C11H5F3N4O2S. The highest BCUT2D eigenvalue weighted by atomic mass is 32.1. The van der Waals surface area contributed by atoms with Gasteiger partial charge in [-0.3, -0.25) is 10.1 Å². The second-order valence-corrected chi connectivity index (χ2v) is 4.88. The summed E-state index contributed by atoms with van der Waals surface area (Å²) in [6, 6.07) is 0.931. The van der Waals surface area contributed by atoms with Gasteiger partial charge in [-0.15, -0.1) is 0 Å². The average Bonchev–Trinajstić information content (AvgIpc) is 3.05. The van der Waals surface area contributed by atoms with Crippen molar-refractivity contribution in [3.8, 4) is 0 Å². The van der Waals surface area contributed by atoms with Crippen LogP contribution in [0.3, 0.4) is 0 Å². The molecule has 0 aliphatic heterocycles. The van der Waals surface area contributed by atoms with Gasteiger partial charge in [0.05, 0.1) is 16.5 Å². The lowest BCUT2D eigenvalue weighted by Crippen LogP contribution is -2.11. The second-order valence-electron chi connectivity index (χ2n) is 3.85. The number of carbonyl (C=O) groups excluding carboxylic acids is 1. The lowest BCUT2D eigenvalue weighted by molar-refractivity contribution is -0.137. The van der Waals surface area contributed by atoms with E-state index in [1.807, 2.05) is 0 Å². The summed E-state index contributed by atoms with van der Waals surface area (Å²) < 4.78 is 42.7. The van der Waals surface area contributed by atoms with Crippen molar-refractivity contribution in [1.29, 1.82) is 0 Å². The number of fused-ring (bicyclic) bond motifs is 1. The molecule has 108 valence electrons. The molecule has 3 aromatic rings.